The molecule has 78 valence electrons. The van der Waals surface area contributed by atoms with Gasteiger partial charge < -0.3 is 10.8 Å². The van der Waals surface area contributed by atoms with E-state index < -0.39 is 28.6 Å². The maximum absolute atomic E-state index is 13.2. The van der Waals surface area contributed by atoms with Crippen molar-refractivity contribution in [3.05, 3.63) is 35.7 Å². The first-order chi connectivity index (χ1) is 7.02. The first-order valence-electron chi connectivity index (χ1n) is 4.07. The highest BCUT2D eigenvalue weighted by molar-refractivity contribution is 5.97. The summed E-state index contributed by atoms with van der Waals surface area (Å²) in [5.41, 5.74) is 5.52. The van der Waals surface area contributed by atoms with Crippen molar-refractivity contribution in [2.45, 2.75) is 0 Å². The van der Waals surface area contributed by atoms with Crippen molar-refractivity contribution < 1.29 is 18.3 Å². The fourth-order valence-corrected chi connectivity index (χ4v) is 1.42. The molecule has 0 amide bonds. The Bertz CT molecular complexity index is 554. The number of rotatable bonds is 0. The molecule has 0 spiro atoms. The Hall–Kier alpha value is -1.91. The summed E-state index contributed by atoms with van der Waals surface area (Å²) in [6, 6.07) is 2.95. The minimum absolute atomic E-state index is 0.0496. The first-order valence-corrected chi connectivity index (χ1v) is 4.07. The standard InChI is InChI=1S/C10H6F3NO/c11-5-1-2-7(14)4-3-6(12)9(13)10(15)8(4)5/h1-3,15H,14H2. The van der Waals surface area contributed by atoms with Gasteiger partial charge in [0, 0.05) is 11.1 Å². The molecule has 2 aromatic carbocycles. The number of hydrogen-bond acceptors (Lipinski definition) is 2. The van der Waals surface area contributed by atoms with Crippen LogP contribution in [0.1, 0.15) is 0 Å². The van der Waals surface area contributed by atoms with Gasteiger partial charge in [0.25, 0.3) is 0 Å². The molecule has 2 nitrogen and oxygen atoms in total. The number of fused-ring (bicyclic) bond motifs is 1. The van der Waals surface area contributed by atoms with Crippen molar-refractivity contribution in [3.8, 4) is 5.75 Å². The van der Waals surface area contributed by atoms with Gasteiger partial charge in [-0.15, -0.1) is 0 Å². The topological polar surface area (TPSA) is 46.2 Å². The summed E-state index contributed by atoms with van der Waals surface area (Å²) in [5, 5.41) is 8.78. The van der Waals surface area contributed by atoms with Gasteiger partial charge in [-0.05, 0) is 18.2 Å². The number of benzene rings is 2. The highest BCUT2D eigenvalue weighted by atomic mass is 19.2. The number of hydrogen-bond donors (Lipinski definition) is 2. The van der Waals surface area contributed by atoms with Crippen molar-refractivity contribution in [1.29, 1.82) is 0 Å². The fraction of sp³-hybridized carbons (Fsp3) is 0. The first kappa shape index (κ1) is 9.64. The molecular weight excluding hydrogens is 207 g/mol. The van der Waals surface area contributed by atoms with Crippen LogP contribution in [0.15, 0.2) is 18.2 Å². The van der Waals surface area contributed by atoms with Crippen LogP contribution in [0.25, 0.3) is 10.8 Å². The lowest BCUT2D eigenvalue weighted by Gasteiger charge is -2.06. The van der Waals surface area contributed by atoms with Crippen LogP contribution >= 0.6 is 0 Å². The predicted molar refractivity (Wildman–Crippen MR) is 49.9 cm³/mol. The summed E-state index contributed by atoms with van der Waals surface area (Å²) in [5.74, 6) is -4.66. The molecule has 2 rings (SSSR count). The molecule has 0 unspecified atom stereocenters. The largest absolute Gasteiger partial charge is 0.504 e. The van der Waals surface area contributed by atoms with Gasteiger partial charge in [-0.1, -0.05) is 0 Å². The smallest absolute Gasteiger partial charge is 0.201 e. The number of anilines is 1. The van der Waals surface area contributed by atoms with Gasteiger partial charge in [0.2, 0.25) is 5.82 Å². The average Bonchev–Trinajstić information content (AvgIpc) is 2.20. The number of aromatic hydroxyl groups is 1. The lowest BCUT2D eigenvalue weighted by molar-refractivity contribution is 0.411. The molecule has 3 N–H and O–H groups in total. The zero-order chi connectivity index (χ0) is 11.2. The summed E-state index contributed by atoms with van der Waals surface area (Å²) < 4.78 is 39.1. The number of phenolic OH excluding ortho intramolecular Hbond substituents is 1. The lowest BCUT2D eigenvalue weighted by Crippen LogP contribution is -1.94. The molecule has 2 aromatic rings. The molecule has 15 heavy (non-hydrogen) atoms. The monoisotopic (exact) mass is 213 g/mol. The molecule has 5 heteroatoms. The van der Waals surface area contributed by atoms with Crippen LogP contribution < -0.4 is 5.73 Å². The second-order valence-corrected chi connectivity index (χ2v) is 3.08. The summed E-state index contributed by atoms with van der Waals surface area (Å²) in [6.07, 6.45) is 0. The van der Waals surface area contributed by atoms with E-state index >= 15 is 0 Å². The van der Waals surface area contributed by atoms with Crippen LogP contribution in [0.4, 0.5) is 18.9 Å². The average molecular weight is 213 g/mol. The predicted octanol–water partition coefficient (Wildman–Crippen LogP) is 2.54. The van der Waals surface area contributed by atoms with E-state index in [1.807, 2.05) is 0 Å². The number of halogens is 3. The Kier molecular flexibility index (Phi) is 1.96. The molecular formula is C10H6F3NO. The second-order valence-electron chi connectivity index (χ2n) is 3.08. The van der Waals surface area contributed by atoms with Crippen LogP contribution in [0.3, 0.4) is 0 Å². The van der Waals surface area contributed by atoms with E-state index in [9.17, 15) is 18.3 Å². The van der Waals surface area contributed by atoms with Crippen LogP contribution in [-0.4, -0.2) is 5.11 Å². The normalized spacial score (nSPS) is 10.9. The van der Waals surface area contributed by atoms with E-state index in [1.165, 1.54) is 6.07 Å². The molecule has 0 saturated carbocycles. The zero-order valence-corrected chi connectivity index (χ0v) is 7.39. The van der Waals surface area contributed by atoms with Gasteiger partial charge in [0.1, 0.15) is 5.82 Å². The summed E-state index contributed by atoms with van der Waals surface area (Å²) in [6.45, 7) is 0. The third kappa shape index (κ3) is 1.27. The van der Waals surface area contributed by atoms with Crippen molar-refractivity contribution in [2.75, 3.05) is 5.73 Å². The SMILES string of the molecule is Nc1ccc(F)c2c(O)c(F)c(F)cc12. The third-order valence-corrected chi connectivity index (χ3v) is 2.15. The van der Waals surface area contributed by atoms with E-state index in [0.29, 0.717) is 0 Å². The Balaban J connectivity index is 3.04. The van der Waals surface area contributed by atoms with Gasteiger partial charge in [0.05, 0.1) is 5.39 Å². The van der Waals surface area contributed by atoms with E-state index in [-0.39, 0.29) is 11.1 Å². The molecule has 0 aliphatic carbocycles. The van der Waals surface area contributed by atoms with Crippen molar-refractivity contribution in [2.24, 2.45) is 0 Å². The van der Waals surface area contributed by atoms with Crippen LogP contribution in [0, 0.1) is 17.5 Å². The third-order valence-electron chi connectivity index (χ3n) is 2.15. The summed E-state index contributed by atoms with van der Waals surface area (Å²) in [4.78, 5) is 0. The maximum Gasteiger partial charge on any atom is 0.201 e. The molecule has 0 bridgehead atoms. The van der Waals surface area contributed by atoms with E-state index in [4.69, 9.17) is 5.73 Å². The Morgan fingerprint density at radius 1 is 1.07 bits per heavy atom. The molecule has 0 aliphatic heterocycles. The van der Waals surface area contributed by atoms with Crippen molar-refractivity contribution in [1.82, 2.24) is 0 Å². The number of nitrogens with two attached hydrogens (primary N) is 1. The van der Waals surface area contributed by atoms with Gasteiger partial charge in [-0.3, -0.25) is 0 Å². The van der Waals surface area contributed by atoms with E-state index in [2.05, 4.69) is 0 Å². The van der Waals surface area contributed by atoms with Crippen molar-refractivity contribution >= 4 is 16.5 Å². The Labute approximate surface area is 82.7 Å². The summed E-state index contributed by atoms with van der Waals surface area (Å²) >= 11 is 0. The zero-order valence-electron chi connectivity index (χ0n) is 7.39. The van der Waals surface area contributed by atoms with Gasteiger partial charge >= 0.3 is 0 Å². The Morgan fingerprint density at radius 3 is 2.40 bits per heavy atom. The van der Waals surface area contributed by atoms with E-state index in [0.717, 1.165) is 12.1 Å². The van der Waals surface area contributed by atoms with Crippen LogP contribution in [0.5, 0.6) is 5.75 Å². The Morgan fingerprint density at radius 2 is 1.73 bits per heavy atom. The summed E-state index contributed by atoms with van der Waals surface area (Å²) in [7, 11) is 0. The quantitative estimate of drug-likeness (QED) is 0.660. The maximum atomic E-state index is 13.2. The van der Waals surface area contributed by atoms with Gasteiger partial charge in [0.15, 0.2) is 11.6 Å². The molecule has 0 radical (unpaired) electrons. The molecule has 0 aliphatic rings. The minimum Gasteiger partial charge on any atom is -0.504 e. The number of phenols is 1. The molecule has 0 saturated heterocycles. The second kappa shape index (κ2) is 3.05. The van der Waals surface area contributed by atoms with E-state index in [1.54, 1.807) is 0 Å². The molecule has 0 atom stereocenters. The molecule has 0 aromatic heterocycles. The highest BCUT2D eigenvalue weighted by Crippen LogP contribution is 2.34. The molecule has 0 fully saturated rings. The number of nitrogen functional groups attached to an aromatic ring is 1. The minimum atomic E-state index is -1.48. The molecule has 0 heterocycles. The lowest BCUT2D eigenvalue weighted by atomic mass is 10.1. The van der Waals surface area contributed by atoms with Crippen molar-refractivity contribution in [3.63, 3.8) is 0 Å². The van der Waals surface area contributed by atoms with Crippen LogP contribution in [0.2, 0.25) is 0 Å². The van der Waals surface area contributed by atoms with Gasteiger partial charge in [-0.2, -0.15) is 4.39 Å². The highest BCUT2D eigenvalue weighted by Gasteiger charge is 2.16. The fourth-order valence-electron chi connectivity index (χ4n) is 1.42. The van der Waals surface area contributed by atoms with Crippen LogP contribution in [-0.2, 0) is 0 Å². The van der Waals surface area contributed by atoms with Gasteiger partial charge in [-0.25, -0.2) is 8.78 Å².